The highest BCUT2D eigenvalue weighted by Crippen LogP contribution is 2.65. The Kier molecular flexibility index (Phi) is 3.26. The highest BCUT2D eigenvalue weighted by molar-refractivity contribution is 6.02. The van der Waals surface area contributed by atoms with Crippen LogP contribution < -0.4 is 0 Å². The van der Waals surface area contributed by atoms with E-state index in [9.17, 15) is 9.90 Å². The van der Waals surface area contributed by atoms with E-state index in [1.165, 1.54) is 44.9 Å². The maximum atomic E-state index is 12.7. The van der Waals surface area contributed by atoms with Crippen LogP contribution in [-0.4, -0.2) is 10.9 Å². The van der Waals surface area contributed by atoms with Crippen molar-refractivity contribution in [1.82, 2.24) is 0 Å². The van der Waals surface area contributed by atoms with Gasteiger partial charge in [-0.15, -0.1) is 0 Å². The second kappa shape index (κ2) is 4.85. The van der Waals surface area contributed by atoms with Crippen molar-refractivity contribution >= 4 is 5.78 Å². The third kappa shape index (κ3) is 1.76. The van der Waals surface area contributed by atoms with Gasteiger partial charge in [0.1, 0.15) is 0 Å². The molecule has 122 valence electrons. The highest BCUT2D eigenvalue weighted by atomic mass is 16.2. The minimum absolute atomic E-state index is 0.187. The lowest BCUT2D eigenvalue weighted by molar-refractivity contribution is -0.137. The lowest BCUT2D eigenvalue weighted by atomic mass is 9.45. The molecule has 0 saturated heterocycles. The van der Waals surface area contributed by atoms with Gasteiger partial charge in [-0.1, -0.05) is 26.7 Å². The van der Waals surface area contributed by atoms with E-state index < -0.39 is 0 Å². The van der Waals surface area contributed by atoms with Gasteiger partial charge in [-0.25, -0.2) is 0 Å². The van der Waals surface area contributed by atoms with Gasteiger partial charge >= 0.3 is 0 Å². The van der Waals surface area contributed by atoms with Gasteiger partial charge in [0.2, 0.25) is 0 Å². The van der Waals surface area contributed by atoms with Crippen LogP contribution in [0.1, 0.15) is 71.6 Å². The molecular weight excluding hydrogens is 272 g/mol. The van der Waals surface area contributed by atoms with E-state index in [0.717, 1.165) is 30.9 Å². The first-order valence-electron chi connectivity index (χ1n) is 9.39. The maximum absolute atomic E-state index is 12.7. The van der Waals surface area contributed by atoms with Crippen LogP contribution in [0, 0.1) is 34.5 Å². The molecule has 0 aliphatic heterocycles. The van der Waals surface area contributed by atoms with E-state index in [-0.39, 0.29) is 11.2 Å². The van der Waals surface area contributed by atoms with Crippen molar-refractivity contribution in [2.24, 2.45) is 34.5 Å². The summed E-state index contributed by atoms with van der Waals surface area (Å²) in [6.45, 7) is 4.75. The number of fused-ring (bicyclic) bond motifs is 5. The fourth-order valence-electron chi connectivity index (χ4n) is 7.08. The molecule has 1 N–H and O–H groups in total. The van der Waals surface area contributed by atoms with E-state index >= 15 is 0 Å². The number of ketones is 1. The minimum Gasteiger partial charge on any atom is -0.515 e. The van der Waals surface area contributed by atoms with Gasteiger partial charge in [-0.3, -0.25) is 4.79 Å². The zero-order chi connectivity index (χ0) is 15.5. The summed E-state index contributed by atoms with van der Waals surface area (Å²) in [7, 11) is 0. The molecule has 2 nitrogen and oxygen atoms in total. The number of Topliss-reactive ketones (excluding diaryl/α,β-unsaturated/α-hetero) is 1. The fraction of sp³-hybridized carbons (Fsp3) is 0.850. The summed E-state index contributed by atoms with van der Waals surface area (Å²) in [4.78, 5) is 12.7. The van der Waals surface area contributed by atoms with Crippen molar-refractivity contribution in [3.63, 3.8) is 0 Å². The zero-order valence-electron chi connectivity index (χ0n) is 14.1. The van der Waals surface area contributed by atoms with Crippen LogP contribution >= 0.6 is 0 Å². The number of aliphatic hydroxyl groups is 1. The monoisotopic (exact) mass is 302 g/mol. The van der Waals surface area contributed by atoms with Crippen molar-refractivity contribution in [3.8, 4) is 0 Å². The molecule has 0 aromatic heterocycles. The van der Waals surface area contributed by atoms with Crippen LogP contribution in [0.4, 0.5) is 0 Å². The Bertz CT molecular complexity index is 522. The molecular formula is C20H30O2. The summed E-state index contributed by atoms with van der Waals surface area (Å²) in [5, 5.41) is 9.45. The standard InChI is InChI=1S/C20H30O2/c1-19-9-4-3-5-14(19)6-7-15-16(19)8-10-20(2)17(15)11-13(12-21)18(20)22/h12,14-17,21H,3-11H2,1-2H3/t14?,15-,16+,17+,19+,20+/m1/s1. The van der Waals surface area contributed by atoms with Gasteiger partial charge in [0.25, 0.3) is 0 Å². The smallest absolute Gasteiger partial charge is 0.168 e. The molecule has 6 atom stereocenters. The first-order chi connectivity index (χ1) is 10.5. The number of carbonyl (C=O) groups is 1. The lowest BCUT2D eigenvalue weighted by Gasteiger charge is -2.59. The van der Waals surface area contributed by atoms with Crippen LogP contribution in [0.5, 0.6) is 0 Å². The number of hydrogen-bond acceptors (Lipinski definition) is 2. The Morgan fingerprint density at radius 2 is 1.86 bits per heavy atom. The maximum Gasteiger partial charge on any atom is 0.168 e. The molecule has 0 radical (unpaired) electrons. The van der Waals surface area contributed by atoms with Crippen LogP contribution in [-0.2, 0) is 4.79 Å². The average molecular weight is 302 g/mol. The number of hydrogen-bond donors (Lipinski definition) is 1. The Morgan fingerprint density at radius 1 is 1.05 bits per heavy atom. The molecule has 0 aromatic rings. The van der Waals surface area contributed by atoms with Gasteiger partial charge in [0.05, 0.1) is 6.26 Å². The normalized spacial score (nSPS) is 53.0. The van der Waals surface area contributed by atoms with Gasteiger partial charge < -0.3 is 5.11 Å². The molecule has 22 heavy (non-hydrogen) atoms. The van der Waals surface area contributed by atoms with Crippen LogP contribution in [0.2, 0.25) is 0 Å². The summed E-state index contributed by atoms with van der Waals surface area (Å²) >= 11 is 0. The van der Waals surface area contributed by atoms with Crippen molar-refractivity contribution < 1.29 is 9.90 Å². The molecule has 4 aliphatic rings. The molecule has 0 bridgehead atoms. The molecule has 4 saturated carbocycles. The van der Waals surface area contributed by atoms with Crippen molar-refractivity contribution in [2.75, 3.05) is 0 Å². The van der Waals surface area contributed by atoms with Crippen molar-refractivity contribution in [3.05, 3.63) is 11.8 Å². The molecule has 0 spiro atoms. The van der Waals surface area contributed by atoms with E-state index in [0.29, 0.717) is 22.8 Å². The van der Waals surface area contributed by atoms with Gasteiger partial charge in [-0.05, 0) is 74.0 Å². The Labute approximate surface area is 134 Å². The summed E-state index contributed by atoms with van der Waals surface area (Å²) in [5.41, 5.74) is 1.04. The zero-order valence-corrected chi connectivity index (χ0v) is 14.1. The van der Waals surface area contributed by atoms with E-state index in [1.807, 2.05) is 0 Å². The van der Waals surface area contributed by atoms with Crippen LogP contribution in [0.15, 0.2) is 11.8 Å². The van der Waals surface area contributed by atoms with Crippen molar-refractivity contribution in [1.29, 1.82) is 0 Å². The largest absolute Gasteiger partial charge is 0.515 e. The summed E-state index contributed by atoms with van der Waals surface area (Å²) in [6.07, 6.45) is 12.6. The van der Waals surface area contributed by atoms with Gasteiger partial charge in [0, 0.05) is 11.0 Å². The quantitative estimate of drug-likeness (QED) is 0.503. The third-order valence-electron chi connectivity index (χ3n) is 8.38. The Hall–Kier alpha value is -0.790. The van der Waals surface area contributed by atoms with E-state index in [4.69, 9.17) is 0 Å². The average Bonchev–Trinajstić information content (AvgIpc) is 2.78. The second-order valence-electron chi connectivity index (χ2n) is 9.05. The Balaban J connectivity index is 1.68. The third-order valence-corrected chi connectivity index (χ3v) is 8.38. The van der Waals surface area contributed by atoms with Gasteiger partial charge in [0.15, 0.2) is 5.78 Å². The van der Waals surface area contributed by atoms with E-state index in [1.54, 1.807) is 0 Å². The molecule has 0 aromatic carbocycles. The first-order valence-corrected chi connectivity index (χ1v) is 9.39. The molecule has 0 heterocycles. The number of carbonyl (C=O) groups excluding carboxylic acids is 1. The lowest BCUT2D eigenvalue weighted by Crippen LogP contribution is -2.52. The minimum atomic E-state index is -0.187. The molecule has 0 amide bonds. The Morgan fingerprint density at radius 3 is 2.64 bits per heavy atom. The number of rotatable bonds is 0. The van der Waals surface area contributed by atoms with Crippen LogP contribution in [0.3, 0.4) is 0 Å². The molecule has 4 fully saturated rings. The second-order valence-corrected chi connectivity index (χ2v) is 9.05. The topological polar surface area (TPSA) is 37.3 Å². The molecule has 2 heteroatoms. The predicted molar refractivity (Wildman–Crippen MR) is 87.4 cm³/mol. The van der Waals surface area contributed by atoms with E-state index in [2.05, 4.69) is 13.8 Å². The SMILES string of the molecule is C[C@]12CCCCC1CC[C@@H]1[C@@H]2CC[C@]2(C)C(=O)C(=CO)C[C@@H]12. The molecule has 4 aliphatic carbocycles. The summed E-state index contributed by atoms with van der Waals surface area (Å²) < 4.78 is 0. The molecule has 1 unspecified atom stereocenters. The van der Waals surface area contributed by atoms with Crippen molar-refractivity contribution in [2.45, 2.75) is 71.6 Å². The predicted octanol–water partition coefficient (Wildman–Crippen LogP) is 5.04. The fourth-order valence-corrected chi connectivity index (χ4v) is 7.08. The van der Waals surface area contributed by atoms with Crippen LogP contribution in [0.25, 0.3) is 0 Å². The molecule has 4 rings (SSSR count). The number of aliphatic hydroxyl groups excluding tert-OH is 1. The number of allylic oxidation sites excluding steroid dienone is 1. The summed E-state index contributed by atoms with van der Waals surface area (Å²) in [5.74, 6) is 3.18. The highest BCUT2D eigenvalue weighted by Gasteiger charge is 2.60. The first kappa shape index (κ1) is 14.8. The van der Waals surface area contributed by atoms with Gasteiger partial charge in [-0.2, -0.15) is 0 Å². The summed E-state index contributed by atoms with van der Waals surface area (Å²) in [6, 6.07) is 0.